The minimum atomic E-state index is -0.146. The van der Waals surface area contributed by atoms with Gasteiger partial charge in [0.25, 0.3) is 0 Å². The highest BCUT2D eigenvalue weighted by molar-refractivity contribution is 5.08. The Morgan fingerprint density at radius 1 is 1.40 bits per heavy atom. The molecule has 1 unspecified atom stereocenters. The number of hydrogen-bond acceptors (Lipinski definition) is 5. The van der Waals surface area contributed by atoms with E-state index in [9.17, 15) is 0 Å². The summed E-state index contributed by atoms with van der Waals surface area (Å²) in [6.45, 7) is 11.3. The van der Waals surface area contributed by atoms with Crippen molar-refractivity contribution in [3.63, 3.8) is 0 Å². The number of ether oxygens (including phenoxy) is 1. The second-order valence-electron chi connectivity index (χ2n) is 7.39. The van der Waals surface area contributed by atoms with Crippen molar-refractivity contribution >= 4 is 0 Å². The first-order chi connectivity index (χ1) is 12.0. The quantitative estimate of drug-likeness (QED) is 0.833. The Morgan fingerprint density at radius 3 is 2.96 bits per heavy atom. The highest BCUT2D eigenvalue weighted by Crippen LogP contribution is 2.33. The Hall–Kier alpha value is -1.73. The molecule has 7 nitrogen and oxygen atoms in total. The molecule has 1 fully saturated rings. The van der Waals surface area contributed by atoms with Crippen LogP contribution in [0.1, 0.15) is 52.3 Å². The van der Waals surface area contributed by atoms with Crippen LogP contribution in [-0.4, -0.2) is 43.7 Å². The molecule has 1 aliphatic heterocycles. The molecule has 3 atom stereocenters. The van der Waals surface area contributed by atoms with Gasteiger partial charge in [-0.2, -0.15) is 10.2 Å². The number of rotatable bonds is 7. The summed E-state index contributed by atoms with van der Waals surface area (Å²) in [5.74, 6) is 0.449. The Balaban J connectivity index is 1.66. The summed E-state index contributed by atoms with van der Waals surface area (Å²) in [5, 5.41) is 12.4. The molecule has 0 bridgehead atoms. The minimum Gasteiger partial charge on any atom is -0.372 e. The SMILES string of the molecule is CCn1nccc1[C@@H]1OCCC[C@H]1CNC(C)C(C)(C)n1cncn1. The first-order valence-electron chi connectivity index (χ1n) is 9.25. The lowest BCUT2D eigenvalue weighted by molar-refractivity contribution is -0.0342. The molecule has 2 aromatic rings. The third-order valence-corrected chi connectivity index (χ3v) is 5.54. The van der Waals surface area contributed by atoms with E-state index in [0.717, 1.165) is 26.1 Å². The van der Waals surface area contributed by atoms with Crippen molar-refractivity contribution in [2.75, 3.05) is 13.2 Å². The molecule has 0 radical (unpaired) electrons. The standard InChI is InChI=1S/C18H30N6O/c1-5-23-16(8-9-21-23)17-15(7-6-10-25-17)11-20-14(2)18(3,4)24-13-19-12-22-24/h8-9,12-15,17,20H,5-7,10-11H2,1-4H3/t14?,15-,17+/m0/s1. The maximum Gasteiger partial charge on any atom is 0.137 e. The van der Waals surface area contributed by atoms with Crippen LogP contribution in [0.3, 0.4) is 0 Å². The van der Waals surface area contributed by atoms with Gasteiger partial charge in [-0.3, -0.25) is 4.68 Å². The summed E-state index contributed by atoms with van der Waals surface area (Å²) >= 11 is 0. The first-order valence-corrected chi connectivity index (χ1v) is 9.25. The fourth-order valence-corrected chi connectivity index (χ4v) is 3.51. The fourth-order valence-electron chi connectivity index (χ4n) is 3.51. The number of aryl methyl sites for hydroxylation is 1. The Kier molecular flexibility index (Phi) is 5.54. The van der Waals surface area contributed by atoms with Crippen molar-refractivity contribution in [1.29, 1.82) is 0 Å². The van der Waals surface area contributed by atoms with Gasteiger partial charge in [0.2, 0.25) is 0 Å². The van der Waals surface area contributed by atoms with Crippen LogP contribution in [0.2, 0.25) is 0 Å². The average molecular weight is 346 g/mol. The predicted octanol–water partition coefficient (Wildman–Crippen LogP) is 2.38. The Bertz CT molecular complexity index is 650. The van der Waals surface area contributed by atoms with Crippen LogP contribution < -0.4 is 5.32 Å². The molecule has 7 heteroatoms. The highest BCUT2D eigenvalue weighted by atomic mass is 16.5. The molecule has 138 valence electrons. The van der Waals surface area contributed by atoms with Gasteiger partial charge in [0.05, 0.1) is 11.2 Å². The van der Waals surface area contributed by atoms with Gasteiger partial charge in [0.1, 0.15) is 18.8 Å². The summed E-state index contributed by atoms with van der Waals surface area (Å²) < 4.78 is 10.1. The molecule has 0 aliphatic carbocycles. The molecule has 0 amide bonds. The fraction of sp³-hybridized carbons (Fsp3) is 0.722. The van der Waals surface area contributed by atoms with Crippen LogP contribution in [0.5, 0.6) is 0 Å². The van der Waals surface area contributed by atoms with Crippen LogP contribution in [-0.2, 0) is 16.8 Å². The Morgan fingerprint density at radius 2 is 2.24 bits per heavy atom. The van der Waals surface area contributed by atoms with E-state index >= 15 is 0 Å². The third kappa shape index (κ3) is 3.77. The molecule has 1 aliphatic rings. The number of nitrogens with one attached hydrogen (secondary N) is 1. The van der Waals surface area contributed by atoms with Crippen molar-refractivity contribution in [3.8, 4) is 0 Å². The normalized spacial score (nSPS) is 22.9. The van der Waals surface area contributed by atoms with E-state index in [1.54, 1.807) is 12.7 Å². The van der Waals surface area contributed by atoms with Crippen molar-refractivity contribution in [3.05, 3.63) is 30.6 Å². The van der Waals surface area contributed by atoms with Gasteiger partial charge in [-0.25, -0.2) is 9.67 Å². The van der Waals surface area contributed by atoms with E-state index in [0.29, 0.717) is 5.92 Å². The van der Waals surface area contributed by atoms with Gasteiger partial charge in [-0.1, -0.05) is 0 Å². The molecule has 0 aromatic carbocycles. The zero-order chi connectivity index (χ0) is 17.9. The third-order valence-electron chi connectivity index (χ3n) is 5.54. The van der Waals surface area contributed by atoms with Crippen LogP contribution in [0, 0.1) is 5.92 Å². The lowest BCUT2D eigenvalue weighted by Gasteiger charge is -2.36. The Labute approximate surface area is 149 Å². The van der Waals surface area contributed by atoms with Crippen LogP contribution >= 0.6 is 0 Å². The first kappa shape index (κ1) is 18.1. The summed E-state index contributed by atoms with van der Waals surface area (Å²) in [5.41, 5.74) is 1.05. The topological polar surface area (TPSA) is 69.8 Å². The summed E-state index contributed by atoms with van der Waals surface area (Å²) in [7, 11) is 0. The van der Waals surface area contributed by atoms with E-state index in [4.69, 9.17) is 4.74 Å². The summed E-state index contributed by atoms with van der Waals surface area (Å²) in [6, 6.07) is 2.35. The number of hydrogen-bond donors (Lipinski definition) is 1. The van der Waals surface area contributed by atoms with Crippen LogP contribution in [0.25, 0.3) is 0 Å². The van der Waals surface area contributed by atoms with Crippen molar-refractivity contribution < 1.29 is 4.74 Å². The van der Waals surface area contributed by atoms with Crippen molar-refractivity contribution in [1.82, 2.24) is 29.9 Å². The van der Waals surface area contributed by atoms with Crippen LogP contribution in [0.15, 0.2) is 24.9 Å². The van der Waals surface area contributed by atoms with E-state index < -0.39 is 0 Å². The van der Waals surface area contributed by atoms with E-state index in [-0.39, 0.29) is 17.7 Å². The molecule has 0 saturated carbocycles. The lowest BCUT2D eigenvalue weighted by atomic mass is 9.90. The molecular weight excluding hydrogens is 316 g/mol. The second kappa shape index (κ2) is 7.66. The molecule has 2 aromatic heterocycles. The zero-order valence-electron chi connectivity index (χ0n) is 15.7. The van der Waals surface area contributed by atoms with Gasteiger partial charge in [0, 0.05) is 37.9 Å². The van der Waals surface area contributed by atoms with Gasteiger partial charge in [0.15, 0.2) is 0 Å². The monoisotopic (exact) mass is 346 g/mol. The van der Waals surface area contributed by atoms with Crippen molar-refractivity contribution in [2.24, 2.45) is 5.92 Å². The van der Waals surface area contributed by atoms with E-state index in [1.807, 2.05) is 15.6 Å². The maximum absolute atomic E-state index is 6.14. The molecule has 25 heavy (non-hydrogen) atoms. The van der Waals surface area contributed by atoms with E-state index in [1.165, 1.54) is 12.1 Å². The largest absolute Gasteiger partial charge is 0.372 e. The van der Waals surface area contributed by atoms with Crippen molar-refractivity contribution in [2.45, 2.75) is 64.8 Å². The molecule has 1 saturated heterocycles. The summed E-state index contributed by atoms with van der Waals surface area (Å²) in [6.07, 6.45) is 7.64. The van der Waals surface area contributed by atoms with Gasteiger partial charge >= 0.3 is 0 Å². The predicted molar refractivity (Wildman–Crippen MR) is 96.1 cm³/mol. The van der Waals surface area contributed by atoms with Crippen LogP contribution in [0.4, 0.5) is 0 Å². The lowest BCUT2D eigenvalue weighted by Crippen LogP contribution is -2.49. The minimum absolute atomic E-state index is 0.116. The highest BCUT2D eigenvalue weighted by Gasteiger charge is 2.33. The van der Waals surface area contributed by atoms with E-state index in [2.05, 4.69) is 54.3 Å². The molecule has 0 spiro atoms. The molecular formula is C18H30N6O. The second-order valence-corrected chi connectivity index (χ2v) is 7.39. The van der Waals surface area contributed by atoms with Gasteiger partial charge in [-0.15, -0.1) is 0 Å². The molecule has 1 N–H and O–H groups in total. The summed E-state index contributed by atoms with van der Waals surface area (Å²) in [4.78, 5) is 4.08. The smallest absolute Gasteiger partial charge is 0.137 e. The van der Waals surface area contributed by atoms with Gasteiger partial charge in [-0.05, 0) is 46.6 Å². The maximum atomic E-state index is 6.14. The number of nitrogens with zero attached hydrogens (tertiary/aromatic N) is 5. The average Bonchev–Trinajstić information content (AvgIpc) is 3.31. The number of aromatic nitrogens is 5. The van der Waals surface area contributed by atoms with Gasteiger partial charge < -0.3 is 10.1 Å². The molecule has 3 rings (SSSR count). The zero-order valence-corrected chi connectivity index (χ0v) is 15.7. The molecule has 3 heterocycles.